The lowest BCUT2D eigenvalue weighted by atomic mass is 9.78. The van der Waals surface area contributed by atoms with Crippen LogP contribution in [0.25, 0.3) is 0 Å². The quantitative estimate of drug-likeness (QED) is 0.915. The highest BCUT2D eigenvalue weighted by atomic mass is 35.5. The third kappa shape index (κ3) is 2.75. The normalized spacial score (nSPS) is 28.6. The van der Waals surface area contributed by atoms with Gasteiger partial charge in [-0.1, -0.05) is 38.3 Å². The Labute approximate surface area is 125 Å². The van der Waals surface area contributed by atoms with E-state index in [1.807, 2.05) is 12.1 Å². The van der Waals surface area contributed by atoms with E-state index in [9.17, 15) is 0 Å². The van der Waals surface area contributed by atoms with E-state index < -0.39 is 0 Å². The van der Waals surface area contributed by atoms with Crippen LogP contribution in [0.15, 0.2) is 12.1 Å². The summed E-state index contributed by atoms with van der Waals surface area (Å²) in [5, 5.41) is 4.32. The Kier molecular flexibility index (Phi) is 4.08. The van der Waals surface area contributed by atoms with Crippen molar-refractivity contribution in [2.45, 2.75) is 45.7 Å². The SMILES string of the molecule is CC1CCCC(NCc2cc(Cl)c3c(c2)OCO3)C1C. The van der Waals surface area contributed by atoms with Gasteiger partial charge in [0, 0.05) is 12.6 Å². The molecule has 1 heterocycles. The van der Waals surface area contributed by atoms with E-state index in [-0.39, 0.29) is 6.79 Å². The highest BCUT2D eigenvalue weighted by Gasteiger charge is 2.26. The van der Waals surface area contributed by atoms with Crippen molar-refractivity contribution < 1.29 is 9.47 Å². The molecular weight excluding hydrogens is 274 g/mol. The number of halogens is 1. The van der Waals surface area contributed by atoms with Gasteiger partial charge in [0.2, 0.25) is 6.79 Å². The van der Waals surface area contributed by atoms with E-state index in [1.54, 1.807) is 0 Å². The summed E-state index contributed by atoms with van der Waals surface area (Å²) in [6.07, 6.45) is 3.95. The zero-order chi connectivity index (χ0) is 14.1. The Balaban J connectivity index is 1.65. The minimum Gasteiger partial charge on any atom is -0.454 e. The summed E-state index contributed by atoms with van der Waals surface area (Å²) in [6.45, 7) is 5.81. The van der Waals surface area contributed by atoms with Crippen molar-refractivity contribution in [3.05, 3.63) is 22.7 Å². The standard InChI is InChI=1S/C16H22ClNO2/c1-10-4-3-5-14(11(10)2)18-8-12-6-13(17)16-15(7-12)19-9-20-16/h6-7,10-11,14,18H,3-5,8-9H2,1-2H3. The third-order valence-corrected chi connectivity index (χ3v) is 5.04. The van der Waals surface area contributed by atoms with Gasteiger partial charge in [-0.25, -0.2) is 0 Å². The van der Waals surface area contributed by atoms with E-state index in [0.29, 0.717) is 16.8 Å². The summed E-state index contributed by atoms with van der Waals surface area (Å²) in [5.74, 6) is 2.98. The van der Waals surface area contributed by atoms with Gasteiger partial charge in [0.05, 0.1) is 5.02 Å². The Hall–Kier alpha value is -0.930. The summed E-state index contributed by atoms with van der Waals surface area (Å²) >= 11 is 6.22. The van der Waals surface area contributed by atoms with Crippen molar-refractivity contribution in [2.75, 3.05) is 6.79 Å². The summed E-state index contributed by atoms with van der Waals surface area (Å²) in [6, 6.07) is 4.60. The summed E-state index contributed by atoms with van der Waals surface area (Å²) in [7, 11) is 0. The predicted molar refractivity (Wildman–Crippen MR) is 80.4 cm³/mol. The first-order valence-electron chi connectivity index (χ1n) is 7.46. The molecule has 0 radical (unpaired) electrons. The maximum atomic E-state index is 6.22. The molecule has 1 aromatic rings. The van der Waals surface area contributed by atoms with Crippen LogP contribution in [-0.2, 0) is 6.54 Å². The summed E-state index contributed by atoms with van der Waals surface area (Å²) in [5.41, 5.74) is 1.16. The molecule has 0 saturated heterocycles. The first-order valence-corrected chi connectivity index (χ1v) is 7.84. The van der Waals surface area contributed by atoms with E-state index in [4.69, 9.17) is 21.1 Å². The topological polar surface area (TPSA) is 30.5 Å². The molecule has 3 atom stereocenters. The Morgan fingerprint density at radius 1 is 1.25 bits per heavy atom. The molecule has 1 aliphatic heterocycles. The molecular formula is C16H22ClNO2. The third-order valence-electron chi connectivity index (χ3n) is 4.76. The largest absolute Gasteiger partial charge is 0.454 e. The first kappa shape index (κ1) is 14.0. The fourth-order valence-electron chi connectivity index (χ4n) is 3.24. The van der Waals surface area contributed by atoms with E-state index in [1.165, 1.54) is 19.3 Å². The van der Waals surface area contributed by atoms with Gasteiger partial charge in [-0.3, -0.25) is 0 Å². The molecule has 0 spiro atoms. The van der Waals surface area contributed by atoms with Crippen molar-refractivity contribution in [2.24, 2.45) is 11.8 Å². The van der Waals surface area contributed by atoms with Gasteiger partial charge in [-0.2, -0.15) is 0 Å². The molecule has 1 aromatic carbocycles. The second-order valence-corrected chi connectivity index (χ2v) is 6.47. The van der Waals surface area contributed by atoms with Gasteiger partial charge < -0.3 is 14.8 Å². The zero-order valence-corrected chi connectivity index (χ0v) is 12.9. The van der Waals surface area contributed by atoms with Crippen LogP contribution in [0.3, 0.4) is 0 Å². The Morgan fingerprint density at radius 2 is 2.10 bits per heavy atom. The molecule has 0 bridgehead atoms. The van der Waals surface area contributed by atoms with E-state index in [2.05, 4.69) is 19.2 Å². The summed E-state index contributed by atoms with van der Waals surface area (Å²) < 4.78 is 10.8. The summed E-state index contributed by atoms with van der Waals surface area (Å²) in [4.78, 5) is 0. The van der Waals surface area contributed by atoms with Gasteiger partial charge in [-0.05, 0) is 36.0 Å². The number of rotatable bonds is 3. The van der Waals surface area contributed by atoms with E-state index >= 15 is 0 Å². The van der Waals surface area contributed by atoms with Crippen LogP contribution in [0, 0.1) is 11.8 Å². The first-order chi connectivity index (χ1) is 9.65. The van der Waals surface area contributed by atoms with Crippen molar-refractivity contribution in [1.29, 1.82) is 0 Å². The minimum atomic E-state index is 0.267. The lowest BCUT2D eigenvalue weighted by Gasteiger charge is -2.34. The van der Waals surface area contributed by atoms with Crippen LogP contribution in [-0.4, -0.2) is 12.8 Å². The van der Waals surface area contributed by atoms with Gasteiger partial charge in [-0.15, -0.1) is 0 Å². The van der Waals surface area contributed by atoms with Crippen LogP contribution >= 0.6 is 11.6 Å². The van der Waals surface area contributed by atoms with Crippen molar-refractivity contribution in [1.82, 2.24) is 5.32 Å². The van der Waals surface area contributed by atoms with Crippen LogP contribution in [0.5, 0.6) is 11.5 Å². The number of hydrogen-bond acceptors (Lipinski definition) is 3. The molecule has 1 fully saturated rings. The molecule has 1 N–H and O–H groups in total. The van der Waals surface area contributed by atoms with Gasteiger partial charge in [0.1, 0.15) is 0 Å². The molecule has 4 heteroatoms. The van der Waals surface area contributed by atoms with Crippen molar-refractivity contribution in [3.8, 4) is 11.5 Å². The average molecular weight is 296 g/mol. The molecule has 1 saturated carbocycles. The average Bonchev–Trinajstić information content (AvgIpc) is 2.89. The number of ether oxygens (including phenoxy) is 2. The molecule has 110 valence electrons. The second-order valence-electron chi connectivity index (χ2n) is 6.07. The fraction of sp³-hybridized carbons (Fsp3) is 0.625. The maximum absolute atomic E-state index is 6.22. The molecule has 2 aliphatic rings. The smallest absolute Gasteiger partial charge is 0.231 e. The number of fused-ring (bicyclic) bond motifs is 1. The lowest BCUT2D eigenvalue weighted by Crippen LogP contribution is -2.40. The van der Waals surface area contributed by atoms with E-state index in [0.717, 1.165) is 29.7 Å². The second kappa shape index (κ2) is 5.82. The van der Waals surface area contributed by atoms with Gasteiger partial charge >= 0.3 is 0 Å². The van der Waals surface area contributed by atoms with Crippen molar-refractivity contribution >= 4 is 11.6 Å². The zero-order valence-electron chi connectivity index (χ0n) is 12.1. The van der Waals surface area contributed by atoms with Crippen LogP contribution < -0.4 is 14.8 Å². The van der Waals surface area contributed by atoms with Crippen LogP contribution in [0.4, 0.5) is 0 Å². The lowest BCUT2D eigenvalue weighted by molar-refractivity contribution is 0.174. The molecule has 1 aliphatic carbocycles. The molecule has 0 aromatic heterocycles. The highest BCUT2D eigenvalue weighted by molar-refractivity contribution is 6.32. The Bertz CT molecular complexity index is 492. The van der Waals surface area contributed by atoms with Crippen LogP contribution in [0.1, 0.15) is 38.7 Å². The molecule has 20 heavy (non-hydrogen) atoms. The highest BCUT2D eigenvalue weighted by Crippen LogP contribution is 2.40. The number of nitrogens with one attached hydrogen (secondary N) is 1. The minimum absolute atomic E-state index is 0.267. The van der Waals surface area contributed by atoms with Crippen LogP contribution in [0.2, 0.25) is 5.02 Å². The van der Waals surface area contributed by atoms with Gasteiger partial charge in [0.15, 0.2) is 11.5 Å². The molecule has 0 amide bonds. The monoisotopic (exact) mass is 295 g/mol. The molecule has 3 rings (SSSR count). The fourth-order valence-corrected chi connectivity index (χ4v) is 3.53. The maximum Gasteiger partial charge on any atom is 0.231 e. The predicted octanol–water partition coefficient (Wildman–Crippen LogP) is 3.98. The molecule has 3 unspecified atom stereocenters. The van der Waals surface area contributed by atoms with Gasteiger partial charge in [0.25, 0.3) is 0 Å². The Morgan fingerprint density at radius 3 is 2.95 bits per heavy atom. The number of benzene rings is 1. The van der Waals surface area contributed by atoms with Crippen molar-refractivity contribution in [3.63, 3.8) is 0 Å². The number of hydrogen-bond donors (Lipinski definition) is 1. The molecule has 3 nitrogen and oxygen atoms in total.